The van der Waals surface area contributed by atoms with Gasteiger partial charge < -0.3 is 0 Å². The average Bonchev–Trinajstić information content (AvgIpc) is 1.79. The Morgan fingerprint density at radius 3 is 2.00 bits per heavy atom. The van der Waals surface area contributed by atoms with Crippen LogP contribution in [0.5, 0.6) is 0 Å². The maximum atomic E-state index is 2.31. The highest BCUT2D eigenvalue weighted by Gasteiger charge is 2.15. The van der Waals surface area contributed by atoms with Crippen molar-refractivity contribution >= 4 is 0 Å². The molecule has 0 saturated carbocycles. The van der Waals surface area contributed by atoms with Crippen molar-refractivity contribution < 1.29 is 0 Å². The lowest BCUT2D eigenvalue weighted by molar-refractivity contribution is 0.372. The highest BCUT2D eigenvalue weighted by molar-refractivity contribution is 4.88. The summed E-state index contributed by atoms with van der Waals surface area (Å²) in [4.78, 5) is 0. The zero-order chi connectivity index (χ0) is 9.78. The van der Waals surface area contributed by atoms with Gasteiger partial charge >= 0.3 is 0 Å². The summed E-state index contributed by atoms with van der Waals surface area (Å²) in [7, 11) is 0. The van der Waals surface area contributed by atoms with Crippen LogP contribution in [-0.4, -0.2) is 0 Å². The molecule has 0 amide bonds. The number of hydrogen-bond acceptors (Lipinski definition) is 0. The lowest BCUT2D eigenvalue weighted by Crippen LogP contribution is -2.10. The van der Waals surface area contributed by atoms with Crippen LogP contribution in [0, 0.1) is 17.3 Å². The molecule has 73 valence electrons. The third-order valence-corrected chi connectivity index (χ3v) is 1.98. The molecule has 0 unspecified atom stereocenters. The molecule has 0 aliphatic carbocycles. The first-order chi connectivity index (χ1) is 5.31. The third-order valence-electron chi connectivity index (χ3n) is 1.98. The smallest absolute Gasteiger partial charge is 0.0267 e. The summed E-state index contributed by atoms with van der Waals surface area (Å²) in [5, 5.41) is 0. The first-order valence-electron chi connectivity index (χ1n) is 5.12. The summed E-state index contributed by atoms with van der Waals surface area (Å²) in [6.45, 7) is 13.8. The summed E-state index contributed by atoms with van der Waals surface area (Å²) in [6.07, 6.45) is 3.94. The summed E-state index contributed by atoms with van der Waals surface area (Å²) in [5.41, 5.74) is 0.473. The van der Waals surface area contributed by atoms with E-state index in [1.54, 1.807) is 5.92 Å². The Kier molecular flexibility index (Phi) is 4.89. The topological polar surface area (TPSA) is 0 Å². The normalized spacial score (nSPS) is 13.0. The minimum absolute atomic E-state index is 0.473. The third kappa shape index (κ3) is 8.10. The van der Waals surface area contributed by atoms with E-state index in [-0.39, 0.29) is 0 Å². The van der Waals surface area contributed by atoms with Gasteiger partial charge in [0.25, 0.3) is 0 Å². The molecule has 0 aliphatic rings. The molecule has 0 bridgehead atoms. The van der Waals surface area contributed by atoms with Gasteiger partial charge in [0, 0.05) is 0 Å². The van der Waals surface area contributed by atoms with Gasteiger partial charge in [-0.05, 0) is 30.1 Å². The van der Waals surface area contributed by atoms with Gasteiger partial charge in [0.15, 0.2) is 0 Å². The Morgan fingerprint density at radius 2 is 1.67 bits per heavy atom. The molecule has 0 nitrogen and oxygen atoms in total. The van der Waals surface area contributed by atoms with Crippen LogP contribution in [-0.2, 0) is 0 Å². The first-order valence-corrected chi connectivity index (χ1v) is 5.12. The van der Waals surface area contributed by atoms with Crippen LogP contribution < -0.4 is 0 Å². The molecule has 0 aromatic heterocycles. The summed E-state index contributed by atoms with van der Waals surface area (Å²) < 4.78 is 0. The van der Waals surface area contributed by atoms with Gasteiger partial charge in [0.05, 0.1) is 0 Å². The van der Waals surface area contributed by atoms with E-state index in [9.17, 15) is 0 Å². The second-order valence-electron chi connectivity index (χ2n) is 5.63. The summed E-state index contributed by atoms with van der Waals surface area (Å²) in [6, 6.07) is 0. The zero-order valence-corrected chi connectivity index (χ0v) is 9.70. The quantitative estimate of drug-likeness (QED) is 0.583. The molecule has 0 heteroatoms. The molecule has 0 aliphatic heterocycles. The molecule has 0 N–H and O–H groups in total. The van der Waals surface area contributed by atoms with Crippen molar-refractivity contribution in [2.24, 2.45) is 11.3 Å². The predicted molar refractivity (Wildman–Crippen MR) is 57.1 cm³/mol. The Hall–Kier alpha value is 0. The van der Waals surface area contributed by atoms with E-state index < -0.39 is 0 Å². The van der Waals surface area contributed by atoms with Crippen molar-refractivity contribution in [1.29, 1.82) is 0 Å². The Bertz CT molecular complexity index is 106. The highest BCUT2D eigenvalue weighted by atomic mass is 14.2. The fourth-order valence-corrected chi connectivity index (χ4v) is 1.53. The summed E-state index contributed by atoms with van der Waals surface area (Å²) >= 11 is 0. The van der Waals surface area contributed by atoms with Gasteiger partial charge in [0.2, 0.25) is 0 Å². The Labute approximate surface area is 78.8 Å². The van der Waals surface area contributed by atoms with Crippen molar-refractivity contribution in [3.63, 3.8) is 0 Å². The van der Waals surface area contributed by atoms with Crippen molar-refractivity contribution in [3.8, 4) is 0 Å². The maximum absolute atomic E-state index is 2.31. The van der Waals surface area contributed by atoms with Gasteiger partial charge in [-0.2, -0.15) is 0 Å². The minimum Gasteiger partial charge on any atom is -0.0628 e. The van der Waals surface area contributed by atoms with E-state index in [0.29, 0.717) is 5.41 Å². The van der Waals surface area contributed by atoms with Crippen molar-refractivity contribution in [2.75, 3.05) is 0 Å². The fourth-order valence-electron chi connectivity index (χ4n) is 1.53. The molecular formula is C12H25. The Balaban J connectivity index is 3.53. The van der Waals surface area contributed by atoms with E-state index in [4.69, 9.17) is 0 Å². The minimum atomic E-state index is 0.473. The SMILES string of the molecule is C[C](CCC(C)C)CC(C)(C)C. The van der Waals surface area contributed by atoms with Crippen molar-refractivity contribution in [1.82, 2.24) is 0 Å². The van der Waals surface area contributed by atoms with Crippen molar-refractivity contribution in [2.45, 2.75) is 60.8 Å². The molecule has 0 atom stereocenters. The molecule has 0 saturated heterocycles. The highest BCUT2D eigenvalue weighted by Crippen LogP contribution is 2.28. The van der Waals surface area contributed by atoms with Crippen LogP contribution in [0.1, 0.15) is 60.8 Å². The lowest BCUT2D eigenvalue weighted by atomic mass is 9.83. The van der Waals surface area contributed by atoms with Gasteiger partial charge in [-0.15, -0.1) is 0 Å². The maximum Gasteiger partial charge on any atom is -0.0267 e. The van der Waals surface area contributed by atoms with Crippen LogP contribution in [0.4, 0.5) is 0 Å². The van der Waals surface area contributed by atoms with Gasteiger partial charge in [-0.25, -0.2) is 0 Å². The monoisotopic (exact) mass is 169 g/mol. The van der Waals surface area contributed by atoms with Crippen LogP contribution >= 0.6 is 0 Å². The van der Waals surface area contributed by atoms with E-state index in [1.165, 1.54) is 19.3 Å². The molecule has 0 spiro atoms. The molecule has 0 rings (SSSR count). The van der Waals surface area contributed by atoms with E-state index >= 15 is 0 Å². The second kappa shape index (κ2) is 4.89. The second-order valence-corrected chi connectivity index (χ2v) is 5.63. The number of rotatable bonds is 4. The lowest BCUT2D eigenvalue weighted by Gasteiger charge is -2.23. The van der Waals surface area contributed by atoms with Gasteiger partial charge in [-0.1, -0.05) is 48.0 Å². The van der Waals surface area contributed by atoms with Gasteiger partial charge in [0.1, 0.15) is 0 Å². The number of hydrogen-bond donors (Lipinski definition) is 0. The molecule has 12 heavy (non-hydrogen) atoms. The zero-order valence-electron chi connectivity index (χ0n) is 9.70. The molecule has 1 radical (unpaired) electrons. The molecule has 0 heterocycles. The van der Waals surface area contributed by atoms with Crippen molar-refractivity contribution in [3.05, 3.63) is 5.92 Å². The van der Waals surface area contributed by atoms with Crippen LogP contribution in [0.3, 0.4) is 0 Å². The molecule has 0 aromatic carbocycles. The van der Waals surface area contributed by atoms with Crippen LogP contribution in [0.15, 0.2) is 0 Å². The van der Waals surface area contributed by atoms with Gasteiger partial charge in [-0.3, -0.25) is 0 Å². The molecular weight excluding hydrogens is 144 g/mol. The van der Waals surface area contributed by atoms with E-state index in [1.807, 2.05) is 0 Å². The molecule has 0 aromatic rings. The van der Waals surface area contributed by atoms with Crippen LogP contribution in [0.25, 0.3) is 0 Å². The standard InChI is InChI=1S/C12H25/c1-10(2)7-8-11(3)9-12(4,5)6/h10H,7-9H2,1-6H3. The molecule has 0 fully saturated rings. The Morgan fingerprint density at radius 1 is 1.17 bits per heavy atom. The predicted octanol–water partition coefficient (Wildman–Crippen LogP) is 4.45. The largest absolute Gasteiger partial charge is 0.0628 e. The van der Waals surface area contributed by atoms with E-state index in [2.05, 4.69) is 41.5 Å². The average molecular weight is 169 g/mol. The first kappa shape index (κ1) is 12.0. The van der Waals surface area contributed by atoms with E-state index in [0.717, 1.165) is 5.92 Å². The summed E-state index contributed by atoms with van der Waals surface area (Å²) in [5.74, 6) is 2.51. The van der Waals surface area contributed by atoms with Crippen LogP contribution in [0.2, 0.25) is 0 Å². The fraction of sp³-hybridized carbons (Fsp3) is 0.917.